The fourth-order valence-corrected chi connectivity index (χ4v) is 1.66. The van der Waals surface area contributed by atoms with Crippen LogP contribution in [0.4, 0.5) is 8.78 Å². The van der Waals surface area contributed by atoms with Gasteiger partial charge in [0.1, 0.15) is 0 Å². The van der Waals surface area contributed by atoms with Gasteiger partial charge >= 0.3 is 0 Å². The third-order valence-corrected chi connectivity index (χ3v) is 2.72. The zero-order valence-electron chi connectivity index (χ0n) is 10.4. The smallest absolute Gasteiger partial charge is 0.253 e. The number of nitrogens with zero attached hydrogens (tertiary/aromatic N) is 1. The molecule has 4 nitrogen and oxygen atoms in total. The first kappa shape index (κ1) is 15.5. The van der Waals surface area contributed by atoms with Gasteiger partial charge in [0.05, 0.1) is 19.1 Å². The van der Waals surface area contributed by atoms with Gasteiger partial charge in [-0.25, -0.2) is 8.78 Å². The van der Waals surface area contributed by atoms with Gasteiger partial charge in [-0.3, -0.25) is 4.79 Å². The van der Waals surface area contributed by atoms with Crippen molar-refractivity contribution in [2.75, 3.05) is 26.3 Å². The molecule has 19 heavy (non-hydrogen) atoms. The van der Waals surface area contributed by atoms with Gasteiger partial charge in [0.25, 0.3) is 5.91 Å². The average Bonchev–Trinajstić information content (AvgIpc) is 2.43. The highest BCUT2D eigenvalue weighted by atomic mass is 19.3. The molecule has 106 valence electrons. The van der Waals surface area contributed by atoms with Crippen molar-refractivity contribution in [2.45, 2.75) is 6.43 Å². The standard InChI is InChI=1S/C13H17F2NO3/c14-12(15)11(9-18)8-16(6-7-17)13(19)10-4-2-1-3-5-10/h1-5,11-12,17-18H,6-9H2. The highest BCUT2D eigenvalue weighted by Crippen LogP contribution is 2.13. The molecule has 0 fully saturated rings. The monoisotopic (exact) mass is 273 g/mol. The molecule has 6 heteroatoms. The van der Waals surface area contributed by atoms with Crippen LogP contribution in [-0.4, -0.2) is 53.7 Å². The van der Waals surface area contributed by atoms with E-state index in [4.69, 9.17) is 10.2 Å². The van der Waals surface area contributed by atoms with Crippen LogP contribution in [0.15, 0.2) is 30.3 Å². The fraction of sp³-hybridized carbons (Fsp3) is 0.462. The first-order chi connectivity index (χ1) is 9.10. The van der Waals surface area contributed by atoms with Crippen molar-refractivity contribution in [3.8, 4) is 0 Å². The SMILES string of the molecule is O=C(c1ccccc1)N(CCO)CC(CO)C(F)F. The van der Waals surface area contributed by atoms with Crippen molar-refractivity contribution in [3.05, 3.63) is 35.9 Å². The summed E-state index contributed by atoms with van der Waals surface area (Å²) < 4.78 is 25.2. The highest BCUT2D eigenvalue weighted by Gasteiger charge is 2.25. The van der Waals surface area contributed by atoms with E-state index in [1.165, 1.54) is 0 Å². The molecule has 0 aliphatic rings. The molecule has 0 aliphatic carbocycles. The Morgan fingerprint density at radius 1 is 1.21 bits per heavy atom. The summed E-state index contributed by atoms with van der Waals surface area (Å²) in [4.78, 5) is 13.2. The predicted molar refractivity (Wildman–Crippen MR) is 66.0 cm³/mol. The van der Waals surface area contributed by atoms with Crippen molar-refractivity contribution < 1.29 is 23.8 Å². The van der Waals surface area contributed by atoms with Crippen LogP contribution < -0.4 is 0 Å². The molecule has 2 N–H and O–H groups in total. The summed E-state index contributed by atoms with van der Waals surface area (Å²) >= 11 is 0. The zero-order valence-corrected chi connectivity index (χ0v) is 10.4. The number of carbonyl (C=O) groups excluding carboxylic acids is 1. The van der Waals surface area contributed by atoms with Crippen molar-refractivity contribution in [3.63, 3.8) is 0 Å². The van der Waals surface area contributed by atoms with Gasteiger partial charge in [-0.05, 0) is 12.1 Å². The van der Waals surface area contributed by atoms with Crippen LogP contribution in [0.3, 0.4) is 0 Å². The minimum atomic E-state index is -2.71. The molecule has 1 aromatic rings. The molecule has 1 rings (SSSR count). The molecule has 0 saturated heterocycles. The van der Waals surface area contributed by atoms with E-state index in [1.807, 2.05) is 0 Å². The van der Waals surface area contributed by atoms with Gasteiger partial charge < -0.3 is 15.1 Å². The van der Waals surface area contributed by atoms with E-state index < -0.39 is 24.9 Å². The summed E-state index contributed by atoms with van der Waals surface area (Å²) in [6.07, 6.45) is -2.71. The molecule has 0 aromatic heterocycles. The maximum Gasteiger partial charge on any atom is 0.253 e. The van der Waals surface area contributed by atoms with Gasteiger partial charge in [-0.1, -0.05) is 18.2 Å². The van der Waals surface area contributed by atoms with Crippen molar-refractivity contribution in [2.24, 2.45) is 5.92 Å². The summed E-state index contributed by atoms with van der Waals surface area (Å²) in [7, 11) is 0. The second-order valence-electron chi connectivity index (χ2n) is 4.12. The average molecular weight is 273 g/mol. The fourth-order valence-electron chi connectivity index (χ4n) is 1.66. The van der Waals surface area contributed by atoms with Crippen molar-refractivity contribution in [1.29, 1.82) is 0 Å². The van der Waals surface area contributed by atoms with Gasteiger partial charge in [-0.2, -0.15) is 0 Å². The van der Waals surface area contributed by atoms with Crippen LogP contribution in [0.25, 0.3) is 0 Å². The normalized spacial score (nSPS) is 12.5. The number of aliphatic hydroxyl groups excluding tert-OH is 2. The predicted octanol–water partition coefficient (Wildman–Crippen LogP) is 0.995. The van der Waals surface area contributed by atoms with Gasteiger partial charge in [-0.15, -0.1) is 0 Å². The second kappa shape index (κ2) is 7.81. The summed E-state index contributed by atoms with van der Waals surface area (Å²) in [5.74, 6) is -1.74. The Bertz CT molecular complexity index is 387. The molecule has 1 amide bonds. The summed E-state index contributed by atoms with van der Waals surface area (Å²) in [6.45, 7) is -1.36. The van der Waals surface area contributed by atoms with E-state index in [2.05, 4.69) is 0 Å². The number of rotatable bonds is 7. The van der Waals surface area contributed by atoms with Crippen LogP contribution in [-0.2, 0) is 0 Å². The van der Waals surface area contributed by atoms with E-state index >= 15 is 0 Å². The molecular formula is C13H17F2NO3. The molecule has 1 unspecified atom stereocenters. The summed E-state index contributed by atoms with van der Waals surface area (Å²) in [6, 6.07) is 8.22. The second-order valence-corrected chi connectivity index (χ2v) is 4.12. The largest absolute Gasteiger partial charge is 0.396 e. The molecule has 1 atom stereocenters. The van der Waals surface area contributed by atoms with Crippen molar-refractivity contribution >= 4 is 5.91 Å². The zero-order chi connectivity index (χ0) is 14.3. The summed E-state index contributed by atoms with van der Waals surface area (Å²) in [5.41, 5.74) is 0.363. The minimum Gasteiger partial charge on any atom is -0.396 e. The van der Waals surface area contributed by atoms with Crippen molar-refractivity contribution in [1.82, 2.24) is 4.90 Å². The lowest BCUT2D eigenvalue weighted by atomic mass is 10.1. The van der Waals surface area contributed by atoms with E-state index in [0.29, 0.717) is 5.56 Å². The van der Waals surface area contributed by atoms with Crippen LogP contribution in [0, 0.1) is 5.92 Å². The third-order valence-electron chi connectivity index (χ3n) is 2.72. The van der Waals surface area contributed by atoms with E-state index in [9.17, 15) is 13.6 Å². The number of halogens is 2. The molecule has 0 radical (unpaired) electrons. The lowest BCUT2D eigenvalue weighted by molar-refractivity contribution is 0.0174. The number of aliphatic hydroxyl groups is 2. The first-order valence-electron chi connectivity index (χ1n) is 5.94. The summed E-state index contributed by atoms with van der Waals surface area (Å²) in [5, 5.41) is 17.8. The van der Waals surface area contributed by atoms with Gasteiger partial charge in [0.2, 0.25) is 6.43 Å². The van der Waals surface area contributed by atoms with Gasteiger partial charge in [0, 0.05) is 18.7 Å². The molecule has 0 bridgehead atoms. The lowest BCUT2D eigenvalue weighted by Gasteiger charge is -2.26. The van der Waals surface area contributed by atoms with Gasteiger partial charge in [0.15, 0.2) is 0 Å². The Balaban J connectivity index is 2.79. The van der Waals surface area contributed by atoms with E-state index in [1.54, 1.807) is 30.3 Å². The number of carbonyl (C=O) groups is 1. The first-order valence-corrected chi connectivity index (χ1v) is 5.94. The Morgan fingerprint density at radius 2 is 1.84 bits per heavy atom. The van der Waals surface area contributed by atoms with Crippen LogP contribution in [0.2, 0.25) is 0 Å². The molecule has 0 heterocycles. The molecule has 0 saturated carbocycles. The Kier molecular flexibility index (Phi) is 6.38. The Hall–Kier alpha value is -1.53. The van der Waals surface area contributed by atoms with Crippen LogP contribution >= 0.6 is 0 Å². The Labute approximate surface area is 110 Å². The quantitative estimate of drug-likeness (QED) is 0.779. The Morgan fingerprint density at radius 3 is 2.32 bits per heavy atom. The molecule has 1 aromatic carbocycles. The number of hydrogen-bond acceptors (Lipinski definition) is 3. The maximum atomic E-state index is 12.6. The molecule has 0 spiro atoms. The topological polar surface area (TPSA) is 60.8 Å². The minimum absolute atomic E-state index is 0.0447. The highest BCUT2D eigenvalue weighted by molar-refractivity contribution is 5.94. The molecular weight excluding hydrogens is 256 g/mol. The number of benzene rings is 1. The third kappa shape index (κ3) is 4.57. The number of alkyl halides is 2. The van der Waals surface area contributed by atoms with Crippen LogP contribution in [0.1, 0.15) is 10.4 Å². The number of hydrogen-bond donors (Lipinski definition) is 2. The maximum absolute atomic E-state index is 12.6. The van der Waals surface area contributed by atoms with E-state index in [0.717, 1.165) is 4.90 Å². The van der Waals surface area contributed by atoms with E-state index in [-0.39, 0.29) is 19.7 Å². The lowest BCUT2D eigenvalue weighted by Crippen LogP contribution is -2.40. The number of amides is 1. The molecule has 0 aliphatic heterocycles. The van der Waals surface area contributed by atoms with Crippen LogP contribution in [0.5, 0.6) is 0 Å².